The summed E-state index contributed by atoms with van der Waals surface area (Å²) in [6, 6.07) is 7.34. The molecule has 1 aromatic heterocycles. The Labute approximate surface area is 218 Å². The number of rotatable bonds is 6. The van der Waals surface area contributed by atoms with Crippen molar-refractivity contribution in [2.24, 2.45) is 0 Å². The third-order valence-corrected chi connectivity index (χ3v) is 7.32. The maximum Gasteiger partial charge on any atom is 0.410 e. The number of hydrogen-bond donors (Lipinski definition) is 2. The Bertz CT molecular complexity index is 1180. The van der Waals surface area contributed by atoms with Crippen LogP contribution in [0, 0.1) is 0 Å². The number of carbonyl (C=O) groups excluding carboxylic acids is 2. The molecule has 2 amide bonds. The number of likely N-dealkylation sites (N-methyl/N-ethyl adjacent to an activating group) is 1. The number of nitrogens with zero attached hydrogens (tertiary/aromatic N) is 4. The Morgan fingerprint density at radius 1 is 1.14 bits per heavy atom. The number of benzene rings is 1. The number of fused-ring (bicyclic) bond motifs is 3. The van der Waals surface area contributed by atoms with Gasteiger partial charge in [-0.3, -0.25) is 9.47 Å². The lowest BCUT2D eigenvalue weighted by molar-refractivity contribution is 0.00932. The van der Waals surface area contributed by atoms with Crippen LogP contribution in [0.5, 0.6) is 0 Å². The van der Waals surface area contributed by atoms with E-state index in [-0.39, 0.29) is 36.4 Å². The maximum atomic E-state index is 13.3. The molecule has 2 fully saturated rings. The number of para-hydroxylation sites is 2. The fourth-order valence-corrected chi connectivity index (χ4v) is 5.83. The Hall–Kier alpha value is -2.85. The topological polar surface area (TPSA) is 109 Å². The Morgan fingerprint density at radius 3 is 2.30 bits per heavy atom. The summed E-state index contributed by atoms with van der Waals surface area (Å²) in [6.07, 6.45) is 2.36. The Morgan fingerprint density at radius 2 is 1.73 bits per heavy atom. The van der Waals surface area contributed by atoms with E-state index in [2.05, 4.69) is 10.2 Å². The summed E-state index contributed by atoms with van der Waals surface area (Å²) in [6.45, 7) is 9.96. The number of piperidine rings is 1. The van der Waals surface area contributed by atoms with E-state index >= 15 is 0 Å². The number of imidazole rings is 1. The first-order valence-electron chi connectivity index (χ1n) is 13.3. The van der Waals surface area contributed by atoms with Crippen LogP contribution in [-0.4, -0.2) is 86.1 Å². The zero-order valence-corrected chi connectivity index (χ0v) is 22.8. The number of hydrogen-bond acceptors (Lipinski definition) is 6. The quantitative estimate of drug-likeness (QED) is 0.612. The van der Waals surface area contributed by atoms with Crippen LogP contribution < -0.4 is 11.0 Å². The maximum absolute atomic E-state index is 13.3. The van der Waals surface area contributed by atoms with Crippen molar-refractivity contribution in [2.75, 3.05) is 20.1 Å². The summed E-state index contributed by atoms with van der Waals surface area (Å²) < 4.78 is 8.28. The van der Waals surface area contributed by atoms with Crippen LogP contribution in [0.3, 0.4) is 0 Å². The van der Waals surface area contributed by atoms with Gasteiger partial charge in [-0.05, 0) is 72.4 Å². The molecular weight excluding hydrogens is 474 g/mol. The molecule has 4 atom stereocenters. The van der Waals surface area contributed by atoms with Gasteiger partial charge in [-0.15, -0.1) is 0 Å². The van der Waals surface area contributed by atoms with Crippen LogP contribution in [0.2, 0.25) is 0 Å². The first kappa shape index (κ1) is 27.2. The standard InChI is InChI=1S/C27H41N5O5/c1-17(2)31-22-9-7-8-10-23(22)32(25(31)35)24(34)28-18-13-19-11-12-20(14-18)30(19)16-21(33)15-29(6)26(36)37-27(3,4)5/h7-10,17-21,33H,11-16H2,1-6H3,(H,28,34)/t18?,19-,20+,21-/m1/s1. The summed E-state index contributed by atoms with van der Waals surface area (Å²) in [5, 5.41) is 13.8. The molecule has 37 heavy (non-hydrogen) atoms. The number of aliphatic hydroxyl groups is 1. The van der Waals surface area contributed by atoms with Gasteiger partial charge in [0.1, 0.15) is 5.60 Å². The highest BCUT2D eigenvalue weighted by Crippen LogP contribution is 2.36. The largest absolute Gasteiger partial charge is 0.444 e. The van der Waals surface area contributed by atoms with Crippen molar-refractivity contribution in [3.63, 3.8) is 0 Å². The van der Waals surface area contributed by atoms with Crippen molar-refractivity contribution in [2.45, 2.75) is 96.2 Å². The lowest BCUT2D eigenvalue weighted by atomic mass is 9.97. The summed E-state index contributed by atoms with van der Waals surface area (Å²) in [5.41, 5.74) is 0.442. The first-order chi connectivity index (χ1) is 17.4. The highest BCUT2D eigenvalue weighted by atomic mass is 16.6. The van der Waals surface area contributed by atoms with Gasteiger partial charge in [-0.2, -0.15) is 0 Å². The van der Waals surface area contributed by atoms with Crippen LogP contribution in [0.25, 0.3) is 11.0 Å². The van der Waals surface area contributed by atoms with Gasteiger partial charge in [-0.1, -0.05) is 12.1 Å². The summed E-state index contributed by atoms with van der Waals surface area (Å²) >= 11 is 0. The van der Waals surface area contributed by atoms with Gasteiger partial charge in [-0.25, -0.2) is 19.0 Å². The highest BCUT2D eigenvalue weighted by Gasteiger charge is 2.42. The van der Waals surface area contributed by atoms with Crippen molar-refractivity contribution in [1.29, 1.82) is 0 Å². The lowest BCUT2D eigenvalue weighted by Crippen LogP contribution is -2.54. The zero-order valence-electron chi connectivity index (χ0n) is 22.8. The van der Waals surface area contributed by atoms with Crippen LogP contribution in [0.1, 0.15) is 66.3 Å². The number of ether oxygens (including phenoxy) is 1. The Balaban J connectivity index is 1.38. The molecule has 2 aromatic rings. The lowest BCUT2D eigenvalue weighted by Gasteiger charge is -2.40. The van der Waals surface area contributed by atoms with E-state index in [0.717, 1.165) is 31.2 Å². The van der Waals surface area contributed by atoms with Crippen LogP contribution in [-0.2, 0) is 4.74 Å². The van der Waals surface area contributed by atoms with Gasteiger partial charge in [0.05, 0.1) is 23.7 Å². The van der Waals surface area contributed by atoms with E-state index in [4.69, 9.17) is 4.74 Å². The smallest absolute Gasteiger partial charge is 0.410 e. The van der Waals surface area contributed by atoms with Crippen LogP contribution in [0.4, 0.5) is 9.59 Å². The minimum atomic E-state index is -0.701. The molecule has 2 saturated heterocycles. The van der Waals surface area contributed by atoms with Crippen molar-refractivity contribution in [3.8, 4) is 0 Å². The van der Waals surface area contributed by atoms with Crippen molar-refractivity contribution in [1.82, 2.24) is 24.3 Å². The second-order valence-electron chi connectivity index (χ2n) is 11.8. The fourth-order valence-electron chi connectivity index (χ4n) is 5.83. The van der Waals surface area contributed by atoms with Gasteiger partial charge < -0.3 is 20.1 Å². The van der Waals surface area contributed by atoms with Gasteiger partial charge in [0.25, 0.3) is 0 Å². The zero-order chi connectivity index (χ0) is 27.1. The predicted octanol–water partition coefficient (Wildman–Crippen LogP) is 3.16. The normalized spacial score (nSPS) is 22.9. The highest BCUT2D eigenvalue weighted by molar-refractivity contribution is 5.89. The minimum Gasteiger partial charge on any atom is -0.444 e. The monoisotopic (exact) mass is 515 g/mol. The molecule has 10 nitrogen and oxygen atoms in total. The molecule has 2 aliphatic rings. The third-order valence-electron chi connectivity index (χ3n) is 7.32. The molecule has 0 saturated carbocycles. The molecule has 0 spiro atoms. The van der Waals surface area contributed by atoms with E-state index in [9.17, 15) is 19.5 Å². The van der Waals surface area contributed by atoms with E-state index in [1.54, 1.807) is 17.7 Å². The summed E-state index contributed by atoms with van der Waals surface area (Å²) in [7, 11) is 1.63. The number of carbonyl (C=O) groups is 2. The molecule has 2 bridgehead atoms. The van der Waals surface area contributed by atoms with Crippen molar-refractivity contribution < 1.29 is 19.4 Å². The van der Waals surface area contributed by atoms with Gasteiger partial charge >= 0.3 is 17.8 Å². The van der Waals surface area contributed by atoms with Gasteiger partial charge in [0.15, 0.2) is 0 Å². The number of aliphatic hydroxyl groups excluding tert-OH is 1. The number of aromatic nitrogens is 2. The predicted molar refractivity (Wildman–Crippen MR) is 142 cm³/mol. The second kappa shape index (κ2) is 10.5. The second-order valence-corrected chi connectivity index (χ2v) is 11.8. The molecule has 0 aliphatic carbocycles. The number of amides is 2. The summed E-state index contributed by atoms with van der Waals surface area (Å²) in [5.74, 6) is 0. The molecule has 3 heterocycles. The minimum absolute atomic E-state index is 0.0455. The Kier molecular flexibility index (Phi) is 7.71. The SMILES string of the molecule is CC(C)n1c(=O)n(C(=O)NC2C[C@H]3CC[C@@H](C2)N3C[C@H](O)CN(C)C(=O)OC(C)(C)C)c2ccccc21. The average molecular weight is 516 g/mol. The van der Waals surface area contributed by atoms with Crippen molar-refractivity contribution in [3.05, 3.63) is 34.7 Å². The van der Waals surface area contributed by atoms with Crippen LogP contribution in [0.15, 0.2) is 29.1 Å². The van der Waals surface area contributed by atoms with E-state index in [0.29, 0.717) is 12.1 Å². The molecule has 0 radical (unpaired) electrons. The molecule has 2 N–H and O–H groups in total. The molecule has 2 aliphatic heterocycles. The number of nitrogens with one attached hydrogen (secondary N) is 1. The van der Waals surface area contributed by atoms with E-state index < -0.39 is 23.8 Å². The fraction of sp³-hybridized carbons (Fsp3) is 0.667. The molecule has 204 valence electrons. The molecule has 10 heteroatoms. The van der Waals surface area contributed by atoms with Gasteiger partial charge in [0, 0.05) is 37.8 Å². The van der Waals surface area contributed by atoms with Crippen LogP contribution >= 0.6 is 0 Å². The molecule has 4 rings (SSSR count). The molecule has 1 aromatic carbocycles. The van der Waals surface area contributed by atoms with E-state index in [1.165, 1.54) is 9.47 Å². The summed E-state index contributed by atoms with van der Waals surface area (Å²) in [4.78, 5) is 42.4. The van der Waals surface area contributed by atoms with Crippen molar-refractivity contribution >= 4 is 23.2 Å². The average Bonchev–Trinajstić information content (AvgIpc) is 3.20. The molecular formula is C27H41N5O5. The third kappa shape index (κ3) is 5.85. The van der Waals surface area contributed by atoms with Gasteiger partial charge in [0.2, 0.25) is 0 Å². The molecule has 1 unspecified atom stereocenters. The first-order valence-corrected chi connectivity index (χ1v) is 13.3. The van der Waals surface area contributed by atoms with E-state index in [1.807, 2.05) is 52.8 Å².